The normalized spacial score (nSPS) is 12.5. The van der Waals surface area contributed by atoms with E-state index in [9.17, 15) is 5.11 Å². The van der Waals surface area contributed by atoms with Gasteiger partial charge >= 0.3 is 0 Å². The van der Waals surface area contributed by atoms with E-state index in [0.717, 1.165) is 13.0 Å². The van der Waals surface area contributed by atoms with Gasteiger partial charge in [-0.2, -0.15) is 11.8 Å². The van der Waals surface area contributed by atoms with Crippen molar-refractivity contribution in [1.82, 2.24) is 5.32 Å². The summed E-state index contributed by atoms with van der Waals surface area (Å²) >= 11 is 1.94. The van der Waals surface area contributed by atoms with E-state index in [1.165, 1.54) is 37.0 Å². The number of phenolic OH excluding ortho intramolecular Hbond substituents is 1. The van der Waals surface area contributed by atoms with Crippen molar-refractivity contribution in [2.45, 2.75) is 45.1 Å². The van der Waals surface area contributed by atoms with E-state index in [0.29, 0.717) is 11.8 Å². The molecule has 19 heavy (non-hydrogen) atoms. The van der Waals surface area contributed by atoms with Crippen molar-refractivity contribution in [3.63, 3.8) is 0 Å². The van der Waals surface area contributed by atoms with Crippen molar-refractivity contribution in [2.75, 3.05) is 18.6 Å². The Bertz CT molecular complexity index is 326. The van der Waals surface area contributed by atoms with Gasteiger partial charge in [-0.3, -0.25) is 0 Å². The fourth-order valence-electron chi connectivity index (χ4n) is 2.13. The van der Waals surface area contributed by atoms with Gasteiger partial charge in [0.2, 0.25) is 0 Å². The number of rotatable bonds is 10. The van der Waals surface area contributed by atoms with E-state index in [1.807, 2.05) is 23.9 Å². The smallest absolute Gasteiger partial charge is 0.115 e. The number of benzene rings is 1. The highest BCUT2D eigenvalue weighted by Gasteiger charge is 2.02. The molecule has 1 rings (SSSR count). The van der Waals surface area contributed by atoms with Crippen LogP contribution in [0.3, 0.4) is 0 Å². The molecule has 0 amide bonds. The lowest BCUT2D eigenvalue weighted by molar-refractivity contribution is 0.474. The summed E-state index contributed by atoms with van der Waals surface area (Å²) in [6.45, 7) is 3.33. The average molecular weight is 281 g/mol. The van der Waals surface area contributed by atoms with Crippen LogP contribution in [0.4, 0.5) is 0 Å². The highest BCUT2D eigenvalue weighted by Crippen LogP contribution is 2.11. The number of aromatic hydroxyl groups is 1. The third-order valence-electron chi connectivity index (χ3n) is 3.25. The molecule has 3 heteroatoms. The molecule has 0 saturated carbocycles. The van der Waals surface area contributed by atoms with Gasteiger partial charge in [-0.25, -0.2) is 0 Å². The highest BCUT2D eigenvalue weighted by molar-refractivity contribution is 7.98. The Labute approximate surface area is 122 Å². The van der Waals surface area contributed by atoms with Gasteiger partial charge in [0.15, 0.2) is 0 Å². The van der Waals surface area contributed by atoms with E-state index in [-0.39, 0.29) is 0 Å². The molecule has 0 saturated heterocycles. The minimum Gasteiger partial charge on any atom is -0.508 e. The molecule has 0 bridgehead atoms. The molecule has 0 radical (unpaired) electrons. The molecule has 0 aromatic heterocycles. The first-order valence-corrected chi connectivity index (χ1v) is 8.62. The summed E-state index contributed by atoms with van der Waals surface area (Å²) < 4.78 is 0. The first-order chi connectivity index (χ1) is 9.22. The third kappa shape index (κ3) is 8.17. The standard InChI is InChI=1S/C16H27NOS/c1-14(13-15-7-9-16(18)10-8-15)17-11-5-3-4-6-12-19-2/h7-10,14,17-18H,3-6,11-13H2,1-2H3. The summed E-state index contributed by atoms with van der Waals surface area (Å²) in [4.78, 5) is 0. The Morgan fingerprint density at radius 2 is 1.79 bits per heavy atom. The van der Waals surface area contributed by atoms with E-state index >= 15 is 0 Å². The molecule has 1 aromatic rings. The first kappa shape index (κ1) is 16.4. The fraction of sp³-hybridized carbons (Fsp3) is 0.625. The number of hydrogen-bond acceptors (Lipinski definition) is 3. The second-order valence-corrected chi connectivity index (χ2v) is 6.12. The maximum absolute atomic E-state index is 9.24. The Kier molecular flexibility index (Phi) is 8.76. The van der Waals surface area contributed by atoms with Crippen LogP contribution in [-0.4, -0.2) is 29.7 Å². The second-order valence-electron chi connectivity index (χ2n) is 5.13. The van der Waals surface area contributed by atoms with Crippen LogP contribution in [0.1, 0.15) is 38.2 Å². The van der Waals surface area contributed by atoms with Crippen molar-refractivity contribution in [1.29, 1.82) is 0 Å². The summed E-state index contributed by atoms with van der Waals surface area (Å²) in [6.07, 6.45) is 8.51. The quantitative estimate of drug-likeness (QED) is 0.639. The molecule has 108 valence electrons. The van der Waals surface area contributed by atoms with E-state index in [2.05, 4.69) is 18.5 Å². The van der Waals surface area contributed by atoms with Crippen molar-refractivity contribution in [2.24, 2.45) is 0 Å². The predicted octanol–water partition coefficient (Wildman–Crippen LogP) is 3.84. The van der Waals surface area contributed by atoms with Crippen LogP contribution < -0.4 is 5.32 Å². The van der Waals surface area contributed by atoms with Crippen LogP contribution in [-0.2, 0) is 6.42 Å². The Morgan fingerprint density at radius 1 is 1.11 bits per heavy atom. The van der Waals surface area contributed by atoms with E-state index in [1.54, 1.807) is 12.1 Å². The lowest BCUT2D eigenvalue weighted by atomic mass is 10.1. The van der Waals surface area contributed by atoms with Gasteiger partial charge in [0.25, 0.3) is 0 Å². The minimum absolute atomic E-state index is 0.342. The van der Waals surface area contributed by atoms with E-state index in [4.69, 9.17) is 0 Å². The number of hydrogen-bond donors (Lipinski definition) is 2. The monoisotopic (exact) mass is 281 g/mol. The molecule has 1 unspecified atom stereocenters. The summed E-state index contributed by atoms with van der Waals surface area (Å²) in [7, 11) is 0. The molecule has 0 aliphatic rings. The zero-order valence-electron chi connectivity index (χ0n) is 12.2. The largest absolute Gasteiger partial charge is 0.508 e. The summed E-state index contributed by atoms with van der Waals surface area (Å²) in [5.41, 5.74) is 1.28. The van der Waals surface area contributed by atoms with Crippen molar-refractivity contribution in [3.8, 4) is 5.75 Å². The molecule has 2 N–H and O–H groups in total. The van der Waals surface area contributed by atoms with Crippen LogP contribution >= 0.6 is 11.8 Å². The number of unbranched alkanes of at least 4 members (excludes halogenated alkanes) is 3. The molecule has 0 heterocycles. The first-order valence-electron chi connectivity index (χ1n) is 7.22. The van der Waals surface area contributed by atoms with Crippen molar-refractivity contribution >= 4 is 11.8 Å². The van der Waals surface area contributed by atoms with Crippen LogP contribution in [0.15, 0.2) is 24.3 Å². The zero-order chi connectivity index (χ0) is 13.9. The SMILES string of the molecule is CSCCCCCCNC(C)Cc1ccc(O)cc1. The van der Waals surface area contributed by atoms with Crippen LogP contribution in [0.25, 0.3) is 0 Å². The van der Waals surface area contributed by atoms with Gasteiger partial charge in [0, 0.05) is 6.04 Å². The Balaban J connectivity index is 2.04. The lowest BCUT2D eigenvalue weighted by Crippen LogP contribution is -2.28. The van der Waals surface area contributed by atoms with Gasteiger partial charge in [-0.15, -0.1) is 0 Å². The third-order valence-corrected chi connectivity index (χ3v) is 3.94. The second kappa shape index (κ2) is 10.2. The maximum atomic E-state index is 9.24. The highest BCUT2D eigenvalue weighted by atomic mass is 32.2. The van der Waals surface area contributed by atoms with Crippen LogP contribution in [0.2, 0.25) is 0 Å². The molecule has 0 aliphatic heterocycles. The summed E-state index contributed by atoms with van der Waals surface area (Å²) in [5.74, 6) is 1.64. The molecule has 1 aromatic carbocycles. The fourth-order valence-corrected chi connectivity index (χ4v) is 2.62. The molecule has 0 aliphatic carbocycles. The summed E-state index contributed by atoms with van der Waals surface area (Å²) in [5, 5.41) is 12.8. The zero-order valence-corrected chi connectivity index (χ0v) is 13.0. The Hall–Kier alpha value is -0.670. The van der Waals surface area contributed by atoms with Crippen LogP contribution in [0.5, 0.6) is 5.75 Å². The van der Waals surface area contributed by atoms with Gasteiger partial charge in [-0.1, -0.05) is 25.0 Å². The molecule has 0 spiro atoms. The molecular formula is C16H27NOS. The summed E-state index contributed by atoms with van der Waals surface area (Å²) in [6, 6.07) is 8.00. The van der Waals surface area contributed by atoms with Crippen molar-refractivity contribution in [3.05, 3.63) is 29.8 Å². The number of phenols is 1. The molecule has 1 atom stereocenters. The van der Waals surface area contributed by atoms with Crippen molar-refractivity contribution < 1.29 is 5.11 Å². The average Bonchev–Trinajstić information content (AvgIpc) is 2.40. The predicted molar refractivity (Wildman–Crippen MR) is 86.1 cm³/mol. The maximum Gasteiger partial charge on any atom is 0.115 e. The molecule has 0 fully saturated rings. The van der Waals surface area contributed by atoms with Gasteiger partial charge < -0.3 is 10.4 Å². The Morgan fingerprint density at radius 3 is 2.47 bits per heavy atom. The minimum atomic E-state index is 0.342. The van der Waals surface area contributed by atoms with Gasteiger partial charge in [0.05, 0.1) is 0 Å². The van der Waals surface area contributed by atoms with E-state index < -0.39 is 0 Å². The molecule has 2 nitrogen and oxygen atoms in total. The van der Waals surface area contributed by atoms with Gasteiger partial charge in [-0.05, 0) is 62.4 Å². The molecular weight excluding hydrogens is 254 g/mol. The number of thioether (sulfide) groups is 1. The van der Waals surface area contributed by atoms with Crippen LogP contribution in [0, 0.1) is 0 Å². The topological polar surface area (TPSA) is 32.3 Å². The van der Waals surface area contributed by atoms with Gasteiger partial charge in [0.1, 0.15) is 5.75 Å². The number of nitrogens with one attached hydrogen (secondary N) is 1. The lowest BCUT2D eigenvalue weighted by Gasteiger charge is -2.13.